The first-order chi connectivity index (χ1) is 7.61. The summed E-state index contributed by atoms with van der Waals surface area (Å²) in [4.78, 5) is 0. The Hall–Kier alpha value is -1.06. The lowest BCUT2D eigenvalue weighted by Gasteiger charge is -2.26. The standard InChI is InChI=1S/C13H20O3/c1-13(2,8-9-14)11-6-4-5-7-12(11)16-10-15-3/h4-7,14H,8-10H2,1-3H3. The Balaban J connectivity index is 2.93. The molecular formula is C13H20O3. The van der Waals surface area contributed by atoms with E-state index in [2.05, 4.69) is 13.8 Å². The molecule has 16 heavy (non-hydrogen) atoms. The van der Waals surface area contributed by atoms with Gasteiger partial charge in [-0.05, 0) is 23.5 Å². The molecule has 0 bridgehead atoms. The first-order valence-electron chi connectivity index (χ1n) is 5.44. The predicted octanol–water partition coefficient (Wildman–Crippen LogP) is 2.33. The van der Waals surface area contributed by atoms with Gasteiger partial charge in [-0.15, -0.1) is 0 Å². The summed E-state index contributed by atoms with van der Waals surface area (Å²) in [6.45, 7) is 4.61. The minimum absolute atomic E-state index is 0.0981. The van der Waals surface area contributed by atoms with E-state index in [-0.39, 0.29) is 18.8 Å². The van der Waals surface area contributed by atoms with Crippen molar-refractivity contribution in [1.82, 2.24) is 0 Å². The fourth-order valence-electron chi connectivity index (χ4n) is 1.69. The molecule has 0 unspecified atom stereocenters. The van der Waals surface area contributed by atoms with Crippen molar-refractivity contribution in [2.45, 2.75) is 25.7 Å². The van der Waals surface area contributed by atoms with E-state index in [1.165, 1.54) is 0 Å². The molecule has 0 aliphatic carbocycles. The molecule has 0 aliphatic heterocycles. The van der Waals surface area contributed by atoms with Crippen LogP contribution < -0.4 is 4.74 Å². The lowest BCUT2D eigenvalue weighted by Crippen LogP contribution is -2.20. The number of hydrogen-bond acceptors (Lipinski definition) is 3. The van der Waals surface area contributed by atoms with Gasteiger partial charge in [0.25, 0.3) is 0 Å². The zero-order chi connectivity index (χ0) is 12.0. The van der Waals surface area contributed by atoms with Crippen LogP contribution in [-0.2, 0) is 10.2 Å². The molecule has 0 aromatic heterocycles. The molecule has 0 saturated carbocycles. The molecule has 0 fully saturated rings. The average Bonchev–Trinajstić information content (AvgIpc) is 2.26. The van der Waals surface area contributed by atoms with Crippen molar-refractivity contribution in [1.29, 1.82) is 0 Å². The van der Waals surface area contributed by atoms with Crippen molar-refractivity contribution in [2.24, 2.45) is 0 Å². The van der Waals surface area contributed by atoms with Crippen molar-refractivity contribution in [2.75, 3.05) is 20.5 Å². The van der Waals surface area contributed by atoms with Crippen LogP contribution in [0.3, 0.4) is 0 Å². The smallest absolute Gasteiger partial charge is 0.188 e. The molecule has 90 valence electrons. The summed E-state index contributed by atoms with van der Waals surface area (Å²) >= 11 is 0. The number of aliphatic hydroxyl groups is 1. The Morgan fingerprint density at radius 2 is 1.94 bits per heavy atom. The number of rotatable bonds is 6. The summed E-state index contributed by atoms with van der Waals surface area (Å²) in [5.74, 6) is 0.822. The van der Waals surface area contributed by atoms with Gasteiger partial charge in [-0.2, -0.15) is 0 Å². The molecule has 0 spiro atoms. The third kappa shape index (κ3) is 3.22. The molecule has 0 saturated heterocycles. The summed E-state index contributed by atoms with van der Waals surface area (Å²) < 4.78 is 10.4. The molecular weight excluding hydrogens is 204 g/mol. The minimum atomic E-state index is -0.0981. The Bertz CT molecular complexity index is 321. The van der Waals surface area contributed by atoms with Gasteiger partial charge < -0.3 is 14.6 Å². The molecule has 3 heteroatoms. The van der Waals surface area contributed by atoms with Crippen molar-refractivity contribution in [3.63, 3.8) is 0 Å². The maximum Gasteiger partial charge on any atom is 0.188 e. The van der Waals surface area contributed by atoms with E-state index < -0.39 is 0 Å². The molecule has 3 nitrogen and oxygen atoms in total. The zero-order valence-corrected chi connectivity index (χ0v) is 10.2. The zero-order valence-electron chi connectivity index (χ0n) is 10.2. The highest BCUT2D eigenvalue weighted by Crippen LogP contribution is 2.33. The fourth-order valence-corrected chi connectivity index (χ4v) is 1.69. The van der Waals surface area contributed by atoms with Gasteiger partial charge in [0, 0.05) is 13.7 Å². The van der Waals surface area contributed by atoms with Crippen LogP contribution in [-0.4, -0.2) is 25.6 Å². The van der Waals surface area contributed by atoms with Crippen LogP contribution in [0.5, 0.6) is 5.75 Å². The van der Waals surface area contributed by atoms with Gasteiger partial charge in [0.15, 0.2) is 6.79 Å². The second-order valence-corrected chi connectivity index (χ2v) is 4.40. The van der Waals surface area contributed by atoms with Gasteiger partial charge in [0.05, 0.1) is 0 Å². The molecule has 1 aromatic rings. The predicted molar refractivity (Wildman–Crippen MR) is 63.7 cm³/mol. The van der Waals surface area contributed by atoms with Gasteiger partial charge in [0.1, 0.15) is 5.75 Å². The third-order valence-corrected chi connectivity index (χ3v) is 2.69. The number of ether oxygens (including phenoxy) is 2. The third-order valence-electron chi connectivity index (χ3n) is 2.69. The van der Waals surface area contributed by atoms with Crippen LogP contribution in [0, 0.1) is 0 Å². The highest BCUT2D eigenvalue weighted by molar-refractivity contribution is 5.38. The van der Waals surface area contributed by atoms with E-state index in [1.54, 1.807) is 7.11 Å². The highest BCUT2D eigenvalue weighted by atomic mass is 16.7. The summed E-state index contributed by atoms with van der Waals surface area (Å²) in [7, 11) is 1.60. The SMILES string of the molecule is COCOc1ccccc1C(C)(C)CCO. The van der Waals surface area contributed by atoms with Crippen LogP contribution in [0.2, 0.25) is 0 Å². The van der Waals surface area contributed by atoms with Crippen LogP contribution in [0.15, 0.2) is 24.3 Å². The Morgan fingerprint density at radius 3 is 2.56 bits per heavy atom. The van der Waals surface area contributed by atoms with Crippen LogP contribution >= 0.6 is 0 Å². The number of hydrogen-bond donors (Lipinski definition) is 1. The van der Waals surface area contributed by atoms with E-state index in [1.807, 2.05) is 24.3 Å². The lowest BCUT2D eigenvalue weighted by molar-refractivity contribution is 0.0495. The Labute approximate surface area is 97.0 Å². The largest absolute Gasteiger partial charge is 0.467 e. The number of methoxy groups -OCH3 is 1. The van der Waals surface area contributed by atoms with Gasteiger partial charge >= 0.3 is 0 Å². The number of aliphatic hydroxyl groups excluding tert-OH is 1. The molecule has 0 radical (unpaired) electrons. The first kappa shape index (κ1) is 13.0. The van der Waals surface area contributed by atoms with E-state index in [0.717, 1.165) is 11.3 Å². The summed E-state index contributed by atoms with van der Waals surface area (Å²) in [6, 6.07) is 7.87. The van der Waals surface area contributed by atoms with Crippen LogP contribution in [0.1, 0.15) is 25.8 Å². The Morgan fingerprint density at radius 1 is 1.25 bits per heavy atom. The van der Waals surface area contributed by atoms with Crippen molar-refractivity contribution >= 4 is 0 Å². The fraction of sp³-hybridized carbons (Fsp3) is 0.538. The van der Waals surface area contributed by atoms with E-state index in [0.29, 0.717) is 6.42 Å². The normalized spacial score (nSPS) is 11.5. The van der Waals surface area contributed by atoms with Gasteiger partial charge in [-0.3, -0.25) is 0 Å². The topological polar surface area (TPSA) is 38.7 Å². The summed E-state index contributed by atoms with van der Waals surface area (Å²) in [5.41, 5.74) is 1.00. The van der Waals surface area contributed by atoms with Gasteiger partial charge in [-0.25, -0.2) is 0 Å². The molecule has 0 aliphatic rings. The quantitative estimate of drug-likeness (QED) is 0.754. The minimum Gasteiger partial charge on any atom is -0.467 e. The molecule has 0 heterocycles. The van der Waals surface area contributed by atoms with E-state index in [4.69, 9.17) is 14.6 Å². The number of benzene rings is 1. The molecule has 0 amide bonds. The second-order valence-electron chi connectivity index (χ2n) is 4.40. The van der Waals surface area contributed by atoms with Gasteiger partial charge in [0.2, 0.25) is 0 Å². The summed E-state index contributed by atoms with van der Waals surface area (Å²) in [5, 5.41) is 9.06. The van der Waals surface area contributed by atoms with Crippen LogP contribution in [0.4, 0.5) is 0 Å². The summed E-state index contributed by atoms with van der Waals surface area (Å²) in [6.07, 6.45) is 0.709. The highest BCUT2D eigenvalue weighted by Gasteiger charge is 2.23. The first-order valence-corrected chi connectivity index (χ1v) is 5.44. The second kappa shape index (κ2) is 5.87. The lowest BCUT2D eigenvalue weighted by atomic mass is 9.81. The maximum absolute atomic E-state index is 9.06. The molecule has 0 atom stereocenters. The molecule has 1 N–H and O–H groups in total. The van der Waals surface area contributed by atoms with Crippen molar-refractivity contribution in [3.8, 4) is 5.75 Å². The van der Waals surface area contributed by atoms with Crippen molar-refractivity contribution < 1.29 is 14.6 Å². The monoisotopic (exact) mass is 224 g/mol. The maximum atomic E-state index is 9.06. The average molecular weight is 224 g/mol. The Kier molecular flexibility index (Phi) is 4.77. The van der Waals surface area contributed by atoms with E-state index in [9.17, 15) is 0 Å². The molecule has 1 rings (SSSR count). The van der Waals surface area contributed by atoms with Gasteiger partial charge in [-0.1, -0.05) is 32.0 Å². The van der Waals surface area contributed by atoms with Crippen molar-refractivity contribution in [3.05, 3.63) is 29.8 Å². The molecule has 1 aromatic carbocycles. The van der Waals surface area contributed by atoms with Crippen LogP contribution in [0.25, 0.3) is 0 Å². The van der Waals surface area contributed by atoms with E-state index >= 15 is 0 Å². The number of para-hydroxylation sites is 1.